The molecule has 31 heavy (non-hydrogen) atoms. The lowest BCUT2D eigenvalue weighted by Crippen LogP contribution is -2.56. The van der Waals surface area contributed by atoms with Crippen LogP contribution in [0.5, 0.6) is 0 Å². The number of hydrogen-bond donors (Lipinski definition) is 1. The minimum absolute atomic E-state index is 0.0997. The molecule has 4 bridgehead atoms. The molecule has 2 aromatic rings. The summed E-state index contributed by atoms with van der Waals surface area (Å²) in [5.41, 5.74) is 1.35. The lowest BCUT2D eigenvalue weighted by atomic mass is 9.48. The monoisotopic (exact) mass is 436 g/mol. The summed E-state index contributed by atoms with van der Waals surface area (Å²) >= 11 is 1.46. The Hall–Kier alpha value is -2.08. The first-order chi connectivity index (χ1) is 15.1. The van der Waals surface area contributed by atoms with Gasteiger partial charge in [-0.15, -0.1) is 16.8 Å². The summed E-state index contributed by atoms with van der Waals surface area (Å²) in [5.74, 6) is 3.96. The maximum Gasteiger partial charge on any atom is 0.230 e. The van der Waals surface area contributed by atoms with Crippen LogP contribution in [0.15, 0.2) is 48.1 Å². The molecule has 0 spiro atoms. The van der Waals surface area contributed by atoms with Crippen LogP contribution in [-0.4, -0.2) is 32.5 Å². The zero-order valence-electron chi connectivity index (χ0n) is 18.3. The van der Waals surface area contributed by atoms with Crippen LogP contribution >= 0.6 is 11.8 Å². The van der Waals surface area contributed by atoms with Crippen LogP contribution in [0, 0.1) is 23.2 Å². The van der Waals surface area contributed by atoms with Gasteiger partial charge >= 0.3 is 0 Å². The number of thioether (sulfide) groups is 1. The second kappa shape index (κ2) is 8.45. The van der Waals surface area contributed by atoms with Crippen molar-refractivity contribution in [2.45, 2.75) is 63.2 Å². The smallest absolute Gasteiger partial charge is 0.230 e. The molecule has 0 aliphatic heterocycles. The molecule has 1 heterocycles. The molecule has 1 unspecified atom stereocenters. The van der Waals surface area contributed by atoms with Gasteiger partial charge in [-0.3, -0.25) is 9.36 Å². The van der Waals surface area contributed by atoms with E-state index in [1.54, 1.807) is 0 Å². The Morgan fingerprint density at radius 3 is 2.45 bits per heavy atom. The molecule has 5 nitrogen and oxygen atoms in total. The van der Waals surface area contributed by atoms with E-state index in [1.807, 2.05) is 41.0 Å². The molecular formula is C25H32N4OS. The van der Waals surface area contributed by atoms with Gasteiger partial charge in [-0.05, 0) is 68.6 Å². The van der Waals surface area contributed by atoms with Crippen molar-refractivity contribution in [2.75, 3.05) is 5.75 Å². The Balaban J connectivity index is 1.23. The molecule has 4 fully saturated rings. The number of nitrogens with zero attached hydrogens (tertiary/aromatic N) is 3. The number of amides is 1. The second-order valence-corrected chi connectivity index (χ2v) is 10.9. The Bertz CT molecular complexity index is 918. The predicted octanol–water partition coefficient (Wildman–Crippen LogP) is 4.94. The van der Waals surface area contributed by atoms with Crippen molar-refractivity contribution in [3.63, 3.8) is 0 Å². The third-order valence-electron chi connectivity index (χ3n) is 7.77. The predicted molar refractivity (Wildman–Crippen MR) is 125 cm³/mol. The molecule has 4 aliphatic rings. The number of hydrogen-bond acceptors (Lipinski definition) is 4. The van der Waals surface area contributed by atoms with Crippen molar-refractivity contribution in [1.29, 1.82) is 0 Å². The number of allylic oxidation sites excluding steroid dienone is 1. The number of rotatable bonds is 8. The Morgan fingerprint density at radius 1 is 1.19 bits per heavy atom. The van der Waals surface area contributed by atoms with E-state index >= 15 is 0 Å². The second-order valence-electron chi connectivity index (χ2n) is 9.93. The van der Waals surface area contributed by atoms with E-state index < -0.39 is 0 Å². The molecule has 1 aromatic heterocycles. The van der Waals surface area contributed by atoms with E-state index in [4.69, 9.17) is 0 Å². The SMILES string of the molecule is C=CCn1c(SCC(=O)NC(C)C23CC4CC(CC(C4)C2)C3)nnc1-c1ccccc1. The van der Waals surface area contributed by atoms with Gasteiger partial charge in [0.05, 0.1) is 5.75 Å². The van der Waals surface area contributed by atoms with Crippen LogP contribution in [0.25, 0.3) is 11.4 Å². The van der Waals surface area contributed by atoms with Crippen LogP contribution in [0.3, 0.4) is 0 Å². The van der Waals surface area contributed by atoms with Crippen molar-refractivity contribution >= 4 is 17.7 Å². The number of carbonyl (C=O) groups is 1. The van der Waals surface area contributed by atoms with Gasteiger partial charge in [0.15, 0.2) is 11.0 Å². The average Bonchev–Trinajstić information content (AvgIpc) is 3.15. The van der Waals surface area contributed by atoms with Gasteiger partial charge in [0.1, 0.15) is 0 Å². The molecule has 0 saturated heterocycles. The normalized spacial score (nSPS) is 29.6. The van der Waals surface area contributed by atoms with Gasteiger partial charge in [-0.2, -0.15) is 0 Å². The van der Waals surface area contributed by atoms with E-state index in [0.29, 0.717) is 17.7 Å². The van der Waals surface area contributed by atoms with E-state index in [1.165, 1.54) is 50.3 Å². The van der Waals surface area contributed by atoms with Crippen LogP contribution < -0.4 is 5.32 Å². The van der Waals surface area contributed by atoms with Crippen molar-refractivity contribution in [1.82, 2.24) is 20.1 Å². The standard InChI is InChI=1S/C25H32N4OS/c1-3-9-29-23(21-7-5-4-6-8-21)27-28-24(29)31-16-22(30)26-17(2)25-13-18-10-19(14-25)12-20(11-18)15-25/h3-8,17-20H,1,9-16H2,2H3,(H,26,30). The number of benzene rings is 1. The lowest BCUT2D eigenvalue weighted by molar-refractivity contribution is -0.123. The van der Waals surface area contributed by atoms with Gasteiger partial charge in [0, 0.05) is 18.2 Å². The van der Waals surface area contributed by atoms with Gasteiger partial charge in [-0.25, -0.2) is 0 Å². The molecule has 6 heteroatoms. The maximum absolute atomic E-state index is 12.9. The molecule has 1 aromatic carbocycles. The Labute approximate surface area is 189 Å². The highest BCUT2D eigenvalue weighted by atomic mass is 32.2. The van der Waals surface area contributed by atoms with Crippen molar-refractivity contribution < 1.29 is 4.79 Å². The third kappa shape index (κ3) is 4.07. The summed E-state index contributed by atoms with van der Waals surface area (Å²) in [6, 6.07) is 10.3. The Morgan fingerprint density at radius 2 is 1.84 bits per heavy atom. The third-order valence-corrected chi connectivity index (χ3v) is 8.74. The fourth-order valence-electron chi connectivity index (χ4n) is 6.76. The van der Waals surface area contributed by atoms with Crippen LogP contribution in [-0.2, 0) is 11.3 Å². The first kappa shape index (κ1) is 20.8. The fraction of sp³-hybridized carbons (Fsp3) is 0.560. The molecule has 1 amide bonds. The van der Waals surface area contributed by atoms with Crippen molar-refractivity contribution in [3.8, 4) is 11.4 Å². The molecule has 6 rings (SSSR count). The Kier molecular flexibility index (Phi) is 5.67. The topological polar surface area (TPSA) is 59.8 Å². The molecular weight excluding hydrogens is 404 g/mol. The summed E-state index contributed by atoms with van der Waals surface area (Å²) in [4.78, 5) is 12.9. The highest BCUT2D eigenvalue weighted by molar-refractivity contribution is 7.99. The van der Waals surface area contributed by atoms with Crippen LogP contribution in [0.2, 0.25) is 0 Å². The molecule has 0 radical (unpaired) electrons. The molecule has 1 N–H and O–H groups in total. The first-order valence-electron chi connectivity index (χ1n) is 11.6. The first-order valence-corrected chi connectivity index (χ1v) is 12.6. The van der Waals surface area contributed by atoms with Gasteiger partial charge in [0.25, 0.3) is 0 Å². The molecule has 4 saturated carbocycles. The fourth-order valence-corrected chi connectivity index (χ4v) is 7.52. The molecule has 164 valence electrons. The maximum atomic E-state index is 12.9. The van der Waals surface area contributed by atoms with Crippen molar-refractivity contribution in [3.05, 3.63) is 43.0 Å². The summed E-state index contributed by atoms with van der Waals surface area (Å²) in [7, 11) is 0. The van der Waals surface area contributed by atoms with E-state index in [2.05, 4.69) is 29.0 Å². The van der Waals surface area contributed by atoms with Crippen LogP contribution in [0.4, 0.5) is 0 Å². The summed E-state index contributed by atoms with van der Waals surface area (Å²) in [6.45, 7) is 6.73. The zero-order chi connectivity index (χ0) is 21.4. The number of nitrogens with one attached hydrogen (secondary N) is 1. The van der Waals surface area contributed by atoms with Crippen LogP contribution in [0.1, 0.15) is 45.4 Å². The summed E-state index contributed by atoms with van der Waals surface area (Å²) in [6.07, 6.45) is 10.1. The minimum atomic E-state index is 0.0997. The van der Waals surface area contributed by atoms with E-state index in [0.717, 1.165) is 34.3 Å². The number of carbonyl (C=O) groups excluding carboxylic acids is 1. The minimum Gasteiger partial charge on any atom is -0.352 e. The highest BCUT2D eigenvalue weighted by Crippen LogP contribution is 2.61. The lowest BCUT2D eigenvalue weighted by Gasteiger charge is -2.59. The van der Waals surface area contributed by atoms with Gasteiger partial charge in [-0.1, -0.05) is 48.2 Å². The van der Waals surface area contributed by atoms with E-state index in [9.17, 15) is 4.79 Å². The average molecular weight is 437 g/mol. The largest absolute Gasteiger partial charge is 0.352 e. The quantitative estimate of drug-likeness (QED) is 0.470. The zero-order valence-corrected chi connectivity index (χ0v) is 19.1. The molecule has 1 atom stereocenters. The highest BCUT2D eigenvalue weighted by Gasteiger charge is 2.53. The van der Waals surface area contributed by atoms with Gasteiger partial charge < -0.3 is 5.32 Å². The van der Waals surface area contributed by atoms with Crippen molar-refractivity contribution in [2.24, 2.45) is 23.2 Å². The summed E-state index contributed by atoms with van der Waals surface area (Å²) < 4.78 is 2.03. The molecule has 4 aliphatic carbocycles. The van der Waals surface area contributed by atoms with Gasteiger partial charge in [0.2, 0.25) is 5.91 Å². The number of aromatic nitrogens is 3. The van der Waals surface area contributed by atoms with E-state index in [-0.39, 0.29) is 11.9 Å². The summed E-state index contributed by atoms with van der Waals surface area (Å²) in [5, 5.41) is 12.9.